The van der Waals surface area contributed by atoms with E-state index in [1.165, 1.54) is 12.1 Å². The number of unbranched alkanes of at least 4 members (excludes halogenated alkanes) is 3. The third kappa shape index (κ3) is 11.4. The van der Waals surface area contributed by atoms with Crippen LogP contribution in [0, 0.1) is 5.92 Å². The first-order chi connectivity index (χ1) is 17.3. The molecule has 210 valence electrons. The summed E-state index contributed by atoms with van der Waals surface area (Å²) in [5.74, 6) is -0.778. The summed E-state index contributed by atoms with van der Waals surface area (Å²) in [6.07, 6.45) is 4.76. The Morgan fingerprint density at radius 1 is 0.946 bits per heavy atom. The highest BCUT2D eigenvalue weighted by molar-refractivity contribution is 5.92. The lowest BCUT2D eigenvalue weighted by Gasteiger charge is -2.36. The van der Waals surface area contributed by atoms with Crippen molar-refractivity contribution >= 4 is 17.9 Å². The van der Waals surface area contributed by atoms with Gasteiger partial charge in [-0.05, 0) is 64.2 Å². The van der Waals surface area contributed by atoms with Crippen LogP contribution < -0.4 is 10.6 Å². The largest absolute Gasteiger partial charge is 0.508 e. The van der Waals surface area contributed by atoms with Crippen LogP contribution in [0.3, 0.4) is 0 Å². The molecule has 0 radical (unpaired) electrons. The lowest BCUT2D eigenvalue weighted by atomic mass is 9.98. The van der Waals surface area contributed by atoms with Crippen molar-refractivity contribution in [3.8, 4) is 5.75 Å². The number of hydrogen-bond donors (Lipinski definition) is 3. The number of carbonyl (C=O) groups is 3. The van der Waals surface area contributed by atoms with Gasteiger partial charge >= 0.3 is 6.09 Å². The second kappa shape index (κ2) is 15.5. The minimum absolute atomic E-state index is 0.0602. The van der Waals surface area contributed by atoms with Crippen molar-refractivity contribution in [1.29, 1.82) is 0 Å². The van der Waals surface area contributed by atoms with Gasteiger partial charge in [0.15, 0.2) is 0 Å². The summed E-state index contributed by atoms with van der Waals surface area (Å²) in [5.41, 5.74) is -0.110. The Morgan fingerprint density at radius 2 is 1.57 bits per heavy atom. The number of alkyl carbamates (subject to hydrolysis) is 1. The molecule has 0 aromatic heterocycles. The summed E-state index contributed by atoms with van der Waals surface area (Å²) >= 11 is 0. The van der Waals surface area contributed by atoms with Crippen molar-refractivity contribution in [2.75, 3.05) is 6.54 Å². The zero-order chi connectivity index (χ0) is 28.2. The van der Waals surface area contributed by atoms with E-state index in [9.17, 15) is 19.5 Å². The number of carbonyl (C=O) groups excluding carboxylic acids is 3. The van der Waals surface area contributed by atoms with Crippen LogP contribution in [0.1, 0.15) is 106 Å². The van der Waals surface area contributed by atoms with Gasteiger partial charge in [0.1, 0.15) is 23.4 Å². The smallest absolute Gasteiger partial charge is 0.408 e. The van der Waals surface area contributed by atoms with Gasteiger partial charge in [-0.25, -0.2) is 4.79 Å². The summed E-state index contributed by atoms with van der Waals surface area (Å²) in [6, 6.07) is 4.53. The molecule has 1 rings (SSSR count). The molecule has 0 spiro atoms. The molecule has 0 aliphatic heterocycles. The van der Waals surface area contributed by atoms with Crippen LogP contribution in [0.5, 0.6) is 5.75 Å². The fraction of sp³-hybridized carbons (Fsp3) is 0.690. The third-order valence-electron chi connectivity index (χ3n) is 6.02. The van der Waals surface area contributed by atoms with Crippen LogP contribution in [0.4, 0.5) is 4.79 Å². The molecule has 1 aromatic carbocycles. The number of phenols is 1. The van der Waals surface area contributed by atoms with Crippen LogP contribution in [-0.4, -0.2) is 52.1 Å². The highest BCUT2D eigenvalue weighted by atomic mass is 16.6. The van der Waals surface area contributed by atoms with Gasteiger partial charge in [0, 0.05) is 12.6 Å². The zero-order valence-electron chi connectivity index (χ0n) is 24.1. The summed E-state index contributed by atoms with van der Waals surface area (Å²) in [6.45, 7) is 15.5. The number of nitrogens with zero attached hydrogens (tertiary/aromatic N) is 1. The lowest BCUT2D eigenvalue weighted by molar-refractivity contribution is -0.143. The van der Waals surface area contributed by atoms with Crippen LogP contribution in [0.25, 0.3) is 0 Å². The van der Waals surface area contributed by atoms with E-state index in [4.69, 9.17) is 4.74 Å². The van der Waals surface area contributed by atoms with E-state index in [1.807, 2.05) is 20.8 Å². The molecule has 0 aliphatic rings. The van der Waals surface area contributed by atoms with E-state index in [-0.39, 0.29) is 29.5 Å². The van der Waals surface area contributed by atoms with Crippen molar-refractivity contribution in [3.63, 3.8) is 0 Å². The van der Waals surface area contributed by atoms with Gasteiger partial charge in [0.25, 0.3) is 0 Å². The normalized spacial score (nSPS) is 14.0. The Hall–Kier alpha value is -2.77. The van der Waals surface area contributed by atoms with Crippen LogP contribution >= 0.6 is 0 Å². The standard InChI is InChI=1S/C29H49N3O5/c1-9-11-12-13-19-32(27(35)24(20(3)4)31-28(36)37-29(6,7)8)25(22-15-17-23(33)18-16-22)26(34)30-21(5)14-10-2/h15-18,20-21,24-25,33H,9-14,19H2,1-8H3,(H,30,34)(H,31,36). The first-order valence-electron chi connectivity index (χ1n) is 13.7. The van der Waals surface area contributed by atoms with E-state index in [2.05, 4.69) is 24.5 Å². The maximum absolute atomic E-state index is 14.1. The lowest BCUT2D eigenvalue weighted by Crippen LogP contribution is -2.55. The number of aromatic hydroxyl groups is 1. The van der Waals surface area contributed by atoms with Crippen molar-refractivity contribution < 1.29 is 24.2 Å². The molecule has 37 heavy (non-hydrogen) atoms. The number of amides is 3. The van der Waals surface area contributed by atoms with Gasteiger partial charge in [-0.15, -0.1) is 0 Å². The van der Waals surface area contributed by atoms with Crippen molar-refractivity contribution in [2.45, 2.75) is 118 Å². The Kier molecular flexibility index (Phi) is 13.5. The van der Waals surface area contributed by atoms with Crippen LogP contribution in [0.2, 0.25) is 0 Å². The van der Waals surface area contributed by atoms with Gasteiger partial charge in [0.2, 0.25) is 11.8 Å². The number of phenolic OH excluding ortho intramolecular Hbond substituents is 1. The fourth-order valence-electron chi connectivity index (χ4n) is 4.16. The van der Waals surface area contributed by atoms with Crippen molar-refractivity contribution in [2.24, 2.45) is 5.92 Å². The molecule has 8 heteroatoms. The summed E-state index contributed by atoms with van der Waals surface area (Å²) < 4.78 is 5.42. The average molecular weight is 520 g/mol. The summed E-state index contributed by atoms with van der Waals surface area (Å²) in [7, 11) is 0. The van der Waals surface area contributed by atoms with Gasteiger partial charge in [0.05, 0.1) is 0 Å². The third-order valence-corrected chi connectivity index (χ3v) is 6.02. The van der Waals surface area contributed by atoms with Gasteiger partial charge in [-0.2, -0.15) is 0 Å². The molecular formula is C29H49N3O5. The second-order valence-electron chi connectivity index (χ2n) is 11.2. The minimum atomic E-state index is -0.907. The maximum atomic E-state index is 14.1. The molecule has 1 aromatic rings. The molecule has 3 unspecified atom stereocenters. The fourth-order valence-corrected chi connectivity index (χ4v) is 4.16. The van der Waals surface area contributed by atoms with Gasteiger partial charge in [-0.1, -0.05) is 65.5 Å². The van der Waals surface area contributed by atoms with E-state index in [0.717, 1.165) is 38.5 Å². The quantitative estimate of drug-likeness (QED) is 0.273. The number of rotatable bonds is 14. The number of benzene rings is 1. The molecule has 0 aliphatic carbocycles. The Balaban J connectivity index is 3.45. The average Bonchev–Trinajstić information content (AvgIpc) is 2.78. The first kappa shape index (κ1) is 32.3. The van der Waals surface area contributed by atoms with E-state index < -0.39 is 23.8 Å². The Bertz CT molecular complexity index is 848. The Morgan fingerprint density at radius 3 is 2.08 bits per heavy atom. The Labute approximate surface area is 223 Å². The predicted molar refractivity (Wildman–Crippen MR) is 147 cm³/mol. The molecule has 0 heterocycles. The number of hydrogen-bond acceptors (Lipinski definition) is 5. The van der Waals surface area contributed by atoms with Crippen molar-refractivity contribution in [1.82, 2.24) is 15.5 Å². The summed E-state index contributed by atoms with van der Waals surface area (Å²) in [5, 5.41) is 15.7. The predicted octanol–water partition coefficient (Wildman–Crippen LogP) is 5.70. The topological polar surface area (TPSA) is 108 Å². The zero-order valence-corrected chi connectivity index (χ0v) is 24.1. The van der Waals surface area contributed by atoms with Crippen molar-refractivity contribution in [3.05, 3.63) is 29.8 Å². The SMILES string of the molecule is CCCCCCN(C(=O)C(NC(=O)OC(C)(C)C)C(C)C)C(C(=O)NC(C)CCC)c1ccc(O)cc1. The van der Waals surface area contributed by atoms with Crippen LogP contribution in [0.15, 0.2) is 24.3 Å². The molecule has 0 fully saturated rings. The van der Waals surface area contributed by atoms with E-state index in [0.29, 0.717) is 12.1 Å². The van der Waals surface area contributed by atoms with E-state index in [1.54, 1.807) is 37.8 Å². The van der Waals surface area contributed by atoms with E-state index >= 15 is 0 Å². The highest BCUT2D eigenvalue weighted by Gasteiger charge is 2.37. The molecule has 0 saturated carbocycles. The molecular weight excluding hydrogens is 470 g/mol. The number of nitrogens with one attached hydrogen (secondary N) is 2. The molecule has 0 saturated heterocycles. The summed E-state index contributed by atoms with van der Waals surface area (Å²) in [4.78, 5) is 41.9. The molecule has 8 nitrogen and oxygen atoms in total. The molecule has 0 bridgehead atoms. The number of ether oxygens (including phenoxy) is 1. The molecule has 3 N–H and O–H groups in total. The van der Waals surface area contributed by atoms with Gasteiger partial charge in [-0.3, -0.25) is 9.59 Å². The van der Waals surface area contributed by atoms with Crippen LogP contribution in [-0.2, 0) is 14.3 Å². The maximum Gasteiger partial charge on any atom is 0.408 e. The minimum Gasteiger partial charge on any atom is -0.508 e. The first-order valence-corrected chi connectivity index (χ1v) is 13.7. The molecule has 3 atom stereocenters. The molecule has 3 amide bonds. The monoisotopic (exact) mass is 519 g/mol. The highest BCUT2D eigenvalue weighted by Crippen LogP contribution is 2.26. The van der Waals surface area contributed by atoms with Gasteiger partial charge < -0.3 is 25.4 Å². The second-order valence-corrected chi connectivity index (χ2v) is 11.2.